The van der Waals surface area contributed by atoms with Crippen LogP contribution in [0.3, 0.4) is 0 Å². The molecule has 0 radical (unpaired) electrons. The second-order valence-corrected chi connectivity index (χ2v) is 5.86. The highest BCUT2D eigenvalue weighted by Gasteiger charge is 2.57. The smallest absolute Gasteiger partial charge is 0.307 e. The number of aliphatic carboxylic acids is 1. The van der Waals surface area contributed by atoms with Crippen molar-refractivity contribution >= 4 is 5.97 Å². The van der Waals surface area contributed by atoms with Gasteiger partial charge >= 0.3 is 5.97 Å². The van der Waals surface area contributed by atoms with E-state index < -0.39 is 5.97 Å². The molecule has 4 rings (SSSR count). The fraction of sp³-hybridized carbons (Fsp3) is 0.917. The lowest BCUT2D eigenvalue weighted by atomic mass is 9.46. The van der Waals surface area contributed by atoms with E-state index in [9.17, 15) is 9.90 Å². The number of carboxylic acids is 1. The molecule has 4 saturated carbocycles. The van der Waals surface area contributed by atoms with Gasteiger partial charge in [0.25, 0.3) is 0 Å². The Hall–Kier alpha value is -0.570. The number of hydrogen-bond acceptors (Lipinski definition) is 2. The molecule has 4 bridgehead atoms. The Kier molecular flexibility index (Phi) is 1.91. The molecule has 0 saturated heterocycles. The topological polar surface area (TPSA) is 63.3 Å². The molecule has 4 aliphatic rings. The summed E-state index contributed by atoms with van der Waals surface area (Å²) < 4.78 is 0. The van der Waals surface area contributed by atoms with E-state index >= 15 is 0 Å². The van der Waals surface area contributed by atoms with Gasteiger partial charge in [-0.3, -0.25) is 4.79 Å². The first-order valence-corrected chi connectivity index (χ1v) is 6.08. The number of carbonyl (C=O) groups is 1. The average Bonchev–Trinajstić information content (AvgIpc) is 2.15. The van der Waals surface area contributed by atoms with Crippen molar-refractivity contribution < 1.29 is 9.90 Å². The molecule has 0 aliphatic heterocycles. The summed E-state index contributed by atoms with van der Waals surface area (Å²) in [5.41, 5.74) is 6.18. The highest BCUT2D eigenvalue weighted by molar-refractivity contribution is 5.71. The summed E-state index contributed by atoms with van der Waals surface area (Å²) >= 11 is 0. The van der Waals surface area contributed by atoms with E-state index in [2.05, 4.69) is 6.92 Å². The summed E-state index contributed by atoms with van der Waals surface area (Å²) in [6.07, 6.45) is 3.38. The maximum absolute atomic E-state index is 11.3. The van der Waals surface area contributed by atoms with Gasteiger partial charge in [-0.25, -0.2) is 0 Å². The van der Waals surface area contributed by atoms with Crippen LogP contribution in [0, 0.1) is 35.5 Å². The van der Waals surface area contributed by atoms with Gasteiger partial charge < -0.3 is 10.8 Å². The minimum atomic E-state index is -0.605. The van der Waals surface area contributed by atoms with Gasteiger partial charge in [-0.15, -0.1) is 0 Å². The molecule has 84 valence electrons. The van der Waals surface area contributed by atoms with Crippen LogP contribution in [-0.2, 0) is 4.79 Å². The van der Waals surface area contributed by atoms with Crippen molar-refractivity contribution in [1.82, 2.24) is 0 Å². The number of rotatable bonds is 1. The number of hydrogen-bond donors (Lipinski definition) is 2. The predicted molar refractivity (Wildman–Crippen MR) is 56.1 cm³/mol. The highest BCUT2D eigenvalue weighted by Crippen LogP contribution is 2.58. The Morgan fingerprint density at radius 2 is 1.87 bits per heavy atom. The van der Waals surface area contributed by atoms with Crippen molar-refractivity contribution in [3.8, 4) is 0 Å². The lowest BCUT2D eigenvalue weighted by Gasteiger charge is -2.59. The summed E-state index contributed by atoms with van der Waals surface area (Å²) in [6, 6.07) is 0.158. The van der Waals surface area contributed by atoms with E-state index in [-0.39, 0.29) is 17.9 Å². The Balaban J connectivity index is 1.96. The molecule has 7 atom stereocenters. The average molecular weight is 209 g/mol. The summed E-state index contributed by atoms with van der Waals surface area (Å²) in [4.78, 5) is 11.3. The highest BCUT2D eigenvalue weighted by atomic mass is 16.4. The third kappa shape index (κ3) is 1.13. The first kappa shape index (κ1) is 9.64. The second-order valence-electron chi connectivity index (χ2n) is 5.86. The molecule has 0 aromatic rings. The van der Waals surface area contributed by atoms with Crippen LogP contribution >= 0.6 is 0 Å². The van der Waals surface area contributed by atoms with Crippen LogP contribution in [-0.4, -0.2) is 17.1 Å². The third-order valence-electron chi connectivity index (χ3n) is 5.42. The van der Waals surface area contributed by atoms with E-state index in [0.717, 1.165) is 18.8 Å². The molecular formula is C12H19NO2. The molecule has 0 aromatic carbocycles. The van der Waals surface area contributed by atoms with Crippen LogP contribution < -0.4 is 5.73 Å². The van der Waals surface area contributed by atoms with Gasteiger partial charge in [-0.05, 0) is 48.9 Å². The van der Waals surface area contributed by atoms with Crippen LogP contribution in [0.5, 0.6) is 0 Å². The maximum atomic E-state index is 11.3. The molecule has 3 heteroatoms. The van der Waals surface area contributed by atoms with Crippen molar-refractivity contribution in [3.05, 3.63) is 0 Å². The lowest BCUT2D eigenvalue weighted by Crippen LogP contribution is -2.61. The van der Waals surface area contributed by atoms with Crippen LogP contribution in [0.15, 0.2) is 0 Å². The van der Waals surface area contributed by atoms with Crippen LogP contribution in [0.2, 0.25) is 0 Å². The zero-order valence-corrected chi connectivity index (χ0v) is 9.10. The van der Waals surface area contributed by atoms with E-state index in [1.807, 2.05) is 0 Å². The van der Waals surface area contributed by atoms with E-state index in [4.69, 9.17) is 5.73 Å². The monoisotopic (exact) mass is 209 g/mol. The molecule has 4 fully saturated rings. The van der Waals surface area contributed by atoms with Crippen molar-refractivity contribution in [1.29, 1.82) is 0 Å². The zero-order valence-electron chi connectivity index (χ0n) is 9.10. The zero-order chi connectivity index (χ0) is 10.7. The number of nitrogens with two attached hydrogens (primary N) is 1. The van der Waals surface area contributed by atoms with Gasteiger partial charge in [0, 0.05) is 6.04 Å². The molecule has 7 unspecified atom stereocenters. The quantitative estimate of drug-likeness (QED) is 0.684. The summed E-state index contributed by atoms with van der Waals surface area (Å²) in [5.74, 6) is 1.89. The van der Waals surface area contributed by atoms with Gasteiger partial charge in [-0.2, -0.15) is 0 Å². The summed E-state index contributed by atoms with van der Waals surface area (Å²) in [6.45, 7) is 2.24. The van der Waals surface area contributed by atoms with Gasteiger partial charge in [0.05, 0.1) is 5.92 Å². The molecule has 3 nitrogen and oxygen atoms in total. The maximum Gasteiger partial charge on any atom is 0.307 e. The first-order valence-electron chi connectivity index (χ1n) is 6.08. The van der Waals surface area contributed by atoms with E-state index in [1.165, 1.54) is 6.42 Å². The second kappa shape index (κ2) is 2.97. The minimum absolute atomic E-state index is 0.150. The predicted octanol–water partition coefficient (Wildman–Crippen LogP) is 1.33. The molecule has 3 N–H and O–H groups in total. The van der Waals surface area contributed by atoms with Crippen molar-refractivity contribution in [3.63, 3.8) is 0 Å². The molecule has 15 heavy (non-hydrogen) atoms. The Labute approximate surface area is 90.0 Å². The molecule has 0 heterocycles. The Morgan fingerprint density at radius 1 is 1.20 bits per heavy atom. The molecule has 0 spiro atoms. The van der Waals surface area contributed by atoms with Crippen LogP contribution in [0.1, 0.15) is 26.2 Å². The summed E-state index contributed by atoms with van der Waals surface area (Å²) in [5, 5.41) is 9.33. The van der Waals surface area contributed by atoms with Crippen molar-refractivity contribution in [2.45, 2.75) is 32.2 Å². The minimum Gasteiger partial charge on any atom is -0.481 e. The van der Waals surface area contributed by atoms with Crippen molar-refractivity contribution in [2.24, 2.45) is 41.2 Å². The SMILES string of the molecule is CC1C2CC3CC1C(C(=O)O)C(C2)C3N. The van der Waals surface area contributed by atoms with Gasteiger partial charge in [-0.1, -0.05) is 6.92 Å². The van der Waals surface area contributed by atoms with Crippen LogP contribution in [0.4, 0.5) is 0 Å². The van der Waals surface area contributed by atoms with E-state index in [1.54, 1.807) is 0 Å². The molecule has 4 aliphatic carbocycles. The third-order valence-corrected chi connectivity index (χ3v) is 5.42. The summed E-state index contributed by atoms with van der Waals surface area (Å²) in [7, 11) is 0. The number of carboxylic acid groups (broad SMARTS) is 1. The van der Waals surface area contributed by atoms with Gasteiger partial charge in [0.2, 0.25) is 0 Å². The fourth-order valence-electron chi connectivity index (χ4n) is 4.64. The lowest BCUT2D eigenvalue weighted by molar-refractivity contribution is -0.163. The van der Waals surface area contributed by atoms with Gasteiger partial charge in [0.15, 0.2) is 0 Å². The molecule has 0 amide bonds. The fourth-order valence-corrected chi connectivity index (χ4v) is 4.64. The van der Waals surface area contributed by atoms with Gasteiger partial charge in [0.1, 0.15) is 0 Å². The Bertz CT molecular complexity index is 282. The van der Waals surface area contributed by atoms with E-state index in [0.29, 0.717) is 17.8 Å². The first-order chi connectivity index (χ1) is 7.09. The molecule has 0 aromatic heterocycles. The van der Waals surface area contributed by atoms with Crippen molar-refractivity contribution in [2.75, 3.05) is 0 Å². The largest absolute Gasteiger partial charge is 0.481 e. The molecular weight excluding hydrogens is 190 g/mol. The normalized spacial score (nSPS) is 57.1. The Morgan fingerprint density at radius 3 is 2.53 bits per heavy atom. The van der Waals surface area contributed by atoms with Crippen LogP contribution in [0.25, 0.3) is 0 Å². The standard InChI is InChI=1S/C12H19NO2/c1-5-6-2-7-4-8(5)10(12(14)15)9(3-6)11(7)13/h5-11H,2-4,13H2,1H3,(H,14,15).